The van der Waals surface area contributed by atoms with Crippen molar-refractivity contribution in [2.45, 2.75) is 37.1 Å². The predicted molar refractivity (Wildman–Crippen MR) is 95.6 cm³/mol. The van der Waals surface area contributed by atoms with Crippen LogP contribution in [0.25, 0.3) is 11.1 Å². The van der Waals surface area contributed by atoms with Gasteiger partial charge >= 0.3 is 0 Å². The summed E-state index contributed by atoms with van der Waals surface area (Å²) < 4.78 is 11.2. The SMILES string of the molecule is N#CCc1cccc(-c2ccccc2O[C@H]2O[C@H](CO)[C@@H](O)[C@H](O)[C@@H]2O)c1. The smallest absolute Gasteiger partial charge is 0.229 e. The number of para-hydroxylation sites is 1. The third-order valence-corrected chi connectivity index (χ3v) is 4.50. The Morgan fingerprint density at radius 2 is 1.78 bits per heavy atom. The molecule has 0 unspecified atom stereocenters. The van der Waals surface area contributed by atoms with Crippen LogP contribution in [-0.4, -0.2) is 57.7 Å². The number of aliphatic hydroxyl groups is 4. The highest BCUT2D eigenvalue weighted by molar-refractivity contribution is 5.71. The topological polar surface area (TPSA) is 123 Å². The lowest BCUT2D eigenvalue weighted by Crippen LogP contribution is -2.60. The molecule has 0 spiro atoms. The van der Waals surface area contributed by atoms with E-state index in [1.165, 1.54) is 0 Å². The quantitative estimate of drug-likeness (QED) is 0.607. The fourth-order valence-corrected chi connectivity index (χ4v) is 3.04. The molecule has 3 rings (SSSR count). The molecule has 5 atom stereocenters. The summed E-state index contributed by atoms with van der Waals surface area (Å²) in [6.45, 7) is -0.525. The van der Waals surface area contributed by atoms with Crippen LogP contribution in [0.2, 0.25) is 0 Å². The van der Waals surface area contributed by atoms with Crippen molar-refractivity contribution < 1.29 is 29.9 Å². The first kappa shape index (κ1) is 19.3. The van der Waals surface area contributed by atoms with Crippen LogP contribution in [0.15, 0.2) is 48.5 Å². The molecule has 7 heteroatoms. The average Bonchev–Trinajstić information content (AvgIpc) is 2.69. The van der Waals surface area contributed by atoms with E-state index in [1.54, 1.807) is 12.1 Å². The van der Waals surface area contributed by atoms with Gasteiger partial charge in [-0.05, 0) is 23.3 Å². The number of ether oxygens (including phenoxy) is 2. The van der Waals surface area contributed by atoms with Gasteiger partial charge in [-0.2, -0.15) is 5.26 Å². The number of hydrogen-bond donors (Lipinski definition) is 4. The van der Waals surface area contributed by atoms with Gasteiger partial charge in [0.1, 0.15) is 30.2 Å². The Morgan fingerprint density at radius 3 is 2.52 bits per heavy atom. The van der Waals surface area contributed by atoms with E-state index in [1.807, 2.05) is 36.4 Å². The van der Waals surface area contributed by atoms with E-state index < -0.39 is 37.3 Å². The lowest BCUT2D eigenvalue weighted by atomic mass is 9.99. The number of rotatable bonds is 5. The van der Waals surface area contributed by atoms with E-state index in [-0.39, 0.29) is 6.42 Å². The van der Waals surface area contributed by atoms with Crippen molar-refractivity contribution in [3.05, 3.63) is 54.1 Å². The summed E-state index contributed by atoms with van der Waals surface area (Å²) in [4.78, 5) is 0. The van der Waals surface area contributed by atoms with Gasteiger partial charge in [0.15, 0.2) is 0 Å². The first-order chi connectivity index (χ1) is 13.0. The molecule has 7 nitrogen and oxygen atoms in total. The lowest BCUT2D eigenvalue weighted by Gasteiger charge is -2.39. The van der Waals surface area contributed by atoms with Crippen LogP contribution in [0, 0.1) is 11.3 Å². The molecular weight excluding hydrogens is 350 g/mol. The standard InChI is InChI=1S/C20H21NO6/c21-9-8-12-4-3-5-13(10-12)14-6-1-2-7-15(14)26-20-19(25)18(24)17(23)16(11-22)27-20/h1-7,10,16-20,22-25H,8,11H2/t16-,17-,18+,19+,20+/m1/s1. The van der Waals surface area contributed by atoms with E-state index in [0.29, 0.717) is 11.3 Å². The first-order valence-electron chi connectivity index (χ1n) is 8.57. The predicted octanol–water partition coefficient (Wildman–Crippen LogP) is 0.598. The van der Waals surface area contributed by atoms with E-state index >= 15 is 0 Å². The third-order valence-electron chi connectivity index (χ3n) is 4.50. The highest BCUT2D eigenvalue weighted by Gasteiger charge is 2.44. The summed E-state index contributed by atoms with van der Waals surface area (Å²) in [5, 5.41) is 48.2. The molecule has 0 bridgehead atoms. The van der Waals surface area contributed by atoms with Gasteiger partial charge in [0.05, 0.1) is 19.1 Å². The highest BCUT2D eigenvalue weighted by atomic mass is 16.7. The maximum atomic E-state index is 10.2. The lowest BCUT2D eigenvalue weighted by molar-refractivity contribution is -0.277. The first-order valence-corrected chi connectivity index (χ1v) is 8.57. The molecule has 27 heavy (non-hydrogen) atoms. The molecule has 0 amide bonds. The number of aliphatic hydroxyl groups excluding tert-OH is 4. The summed E-state index contributed by atoms with van der Waals surface area (Å²) in [6.07, 6.45) is -6.46. The minimum Gasteiger partial charge on any atom is -0.461 e. The summed E-state index contributed by atoms with van der Waals surface area (Å²) >= 11 is 0. The van der Waals surface area contributed by atoms with Crippen LogP contribution in [0.4, 0.5) is 0 Å². The van der Waals surface area contributed by atoms with Gasteiger partial charge in [0, 0.05) is 5.56 Å². The van der Waals surface area contributed by atoms with Crippen molar-refractivity contribution >= 4 is 0 Å². The van der Waals surface area contributed by atoms with Crippen molar-refractivity contribution in [1.82, 2.24) is 0 Å². The van der Waals surface area contributed by atoms with Gasteiger partial charge in [-0.25, -0.2) is 0 Å². The fraction of sp³-hybridized carbons (Fsp3) is 0.350. The largest absolute Gasteiger partial charge is 0.461 e. The van der Waals surface area contributed by atoms with Gasteiger partial charge in [-0.1, -0.05) is 36.4 Å². The molecule has 1 fully saturated rings. The minimum absolute atomic E-state index is 0.281. The highest BCUT2D eigenvalue weighted by Crippen LogP contribution is 2.33. The van der Waals surface area contributed by atoms with Crippen LogP contribution in [-0.2, 0) is 11.2 Å². The maximum Gasteiger partial charge on any atom is 0.229 e. The van der Waals surface area contributed by atoms with Crippen LogP contribution in [0.5, 0.6) is 5.75 Å². The molecule has 0 saturated carbocycles. The number of nitriles is 1. The van der Waals surface area contributed by atoms with Gasteiger partial charge in [-0.3, -0.25) is 0 Å². The van der Waals surface area contributed by atoms with Crippen molar-refractivity contribution in [2.24, 2.45) is 0 Å². The number of hydrogen-bond acceptors (Lipinski definition) is 7. The van der Waals surface area contributed by atoms with Crippen molar-refractivity contribution in [1.29, 1.82) is 5.26 Å². The summed E-state index contributed by atoms with van der Waals surface area (Å²) in [7, 11) is 0. The summed E-state index contributed by atoms with van der Waals surface area (Å²) in [5.41, 5.74) is 2.40. The zero-order valence-corrected chi connectivity index (χ0v) is 14.5. The molecule has 1 aliphatic rings. The second-order valence-electron chi connectivity index (χ2n) is 6.35. The molecule has 2 aromatic rings. The summed E-state index contributed by atoms with van der Waals surface area (Å²) in [6, 6.07) is 16.6. The minimum atomic E-state index is -1.51. The van der Waals surface area contributed by atoms with Crippen LogP contribution < -0.4 is 4.74 Å². The second kappa shape index (κ2) is 8.48. The number of nitrogens with zero attached hydrogens (tertiary/aromatic N) is 1. The van der Waals surface area contributed by atoms with Crippen LogP contribution >= 0.6 is 0 Å². The Hall–Kier alpha value is -2.47. The van der Waals surface area contributed by atoms with Gasteiger partial charge in [0.25, 0.3) is 0 Å². The molecule has 1 saturated heterocycles. The fourth-order valence-electron chi connectivity index (χ4n) is 3.04. The zero-order valence-electron chi connectivity index (χ0n) is 14.5. The molecule has 0 aliphatic carbocycles. The van der Waals surface area contributed by atoms with E-state index in [2.05, 4.69) is 6.07 Å². The Balaban J connectivity index is 1.88. The molecular formula is C20H21NO6. The average molecular weight is 371 g/mol. The van der Waals surface area contributed by atoms with Crippen LogP contribution in [0.1, 0.15) is 5.56 Å². The normalized spacial score (nSPS) is 27.7. The Morgan fingerprint density at radius 1 is 1.00 bits per heavy atom. The Labute approximate surface area is 156 Å². The zero-order chi connectivity index (χ0) is 19.4. The third kappa shape index (κ3) is 4.11. The molecule has 0 aromatic heterocycles. The van der Waals surface area contributed by atoms with Gasteiger partial charge in [-0.15, -0.1) is 0 Å². The maximum absolute atomic E-state index is 10.2. The van der Waals surface area contributed by atoms with Gasteiger partial charge < -0.3 is 29.9 Å². The molecule has 1 aliphatic heterocycles. The van der Waals surface area contributed by atoms with E-state index in [0.717, 1.165) is 11.1 Å². The van der Waals surface area contributed by atoms with Gasteiger partial charge in [0.2, 0.25) is 6.29 Å². The van der Waals surface area contributed by atoms with Crippen molar-refractivity contribution in [2.75, 3.05) is 6.61 Å². The monoisotopic (exact) mass is 371 g/mol. The molecule has 0 radical (unpaired) electrons. The van der Waals surface area contributed by atoms with Crippen molar-refractivity contribution in [3.63, 3.8) is 0 Å². The molecule has 2 aromatic carbocycles. The van der Waals surface area contributed by atoms with E-state index in [9.17, 15) is 20.4 Å². The molecule has 4 N–H and O–H groups in total. The second-order valence-corrected chi connectivity index (χ2v) is 6.35. The molecule has 1 heterocycles. The van der Waals surface area contributed by atoms with Crippen LogP contribution in [0.3, 0.4) is 0 Å². The number of benzene rings is 2. The van der Waals surface area contributed by atoms with E-state index in [4.69, 9.17) is 14.7 Å². The molecule has 142 valence electrons. The Bertz CT molecular complexity index is 818. The Kier molecular flexibility index (Phi) is 6.06. The van der Waals surface area contributed by atoms with Crippen molar-refractivity contribution in [3.8, 4) is 22.9 Å². The summed E-state index contributed by atoms with van der Waals surface area (Å²) in [5.74, 6) is 0.399.